The molecule has 0 fully saturated rings. The highest BCUT2D eigenvalue weighted by Crippen LogP contribution is 2.38. The van der Waals surface area contributed by atoms with Crippen LogP contribution in [0.2, 0.25) is 5.02 Å². The number of amides is 1. The van der Waals surface area contributed by atoms with Crippen LogP contribution in [-0.4, -0.2) is 23.8 Å². The maximum atomic E-state index is 13.5. The van der Waals surface area contributed by atoms with Crippen molar-refractivity contribution in [3.8, 4) is 16.5 Å². The third-order valence-electron chi connectivity index (χ3n) is 6.81. The van der Waals surface area contributed by atoms with Crippen LogP contribution >= 0.6 is 38.9 Å². The van der Waals surface area contributed by atoms with Crippen LogP contribution in [0.3, 0.4) is 0 Å². The lowest BCUT2D eigenvalue weighted by Crippen LogP contribution is -2.21. The summed E-state index contributed by atoms with van der Waals surface area (Å²) in [6, 6.07) is 15.3. The van der Waals surface area contributed by atoms with Gasteiger partial charge in [0.2, 0.25) is 0 Å². The lowest BCUT2D eigenvalue weighted by molar-refractivity contribution is 0.0954. The molecule has 0 spiro atoms. The number of aryl methyl sites for hydroxylation is 3. The number of halogens is 2. The Hall–Kier alpha value is -3.07. The molecule has 202 valence electrons. The van der Waals surface area contributed by atoms with Gasteiger partial charge in [0.25, 0.3) is 5.91 Å². The number of benzene rings is 2. The molecule has 1 aliphatic rings. The summed E-state index contributed by atoms with van der Waals surface area (Å²) in [4.78, 5) is 14.8. The Labute approximate surface area is 245 Å². The number of fused-ring (bicyclic) bond motifs is 1. The number of rotatable bonds is 8. The van der Waals surface area contributed by atoms with Crippen LogP contribution in [0.4, 0.5) is 0 Å². The monoisotopic (exact) mass is 625 g/mol. The third-order valence-corrected chi connectivity index (χ3v) is 9.03. The number of hydrogen-bond donors (Lipinski definition) is 1. The second-order valence-electron chi connectivity index (χ2n) is 9.48. The zero-order valence-electron chi connectivity index (χ0n) is 22.0. The summed E-state index contributed by atoms with van der Waals surface area (Å²) < 4.78 is 14.5. The second kappa shape index (κ2) is 12.0. The molecule has 0 saturated heterocycles. The van der Waals surface area contributed by atoms with Gasteiger partial charge in [0, 0.05) is 31.3 Å². The lowest BCUT2D eigenvalue weighted by atomic mass is 9.95. The van der Waals surface area contributed by atoms with Gasteiger partial charge in [-0.25, -0.2) is 5.43 Å². The molecule has 2 heterocycles. The van der Waals surface area contributed by atoms with Gasteiger partial charge in [-0.3, -0.25) is 4.79 Å². The summed E-state index contributed by atoms with van der Waals surface area (Å²) >= 11 is 11.3. The quantitative estimate of drug-likeness (QED) is 0.160. The standard InChI is InChI=1S/C30H29BrClN3O3S/c1-18-8-9-19(2)35(18)30-28(23-6-4-5-7-27(23)39-30)29(36)34-33-16-21-14-25(37-3)26(15-24(21)31)38-17-20-10-12-22(32)13-11-20/h8-16H,4-7,17H2,1-3H3,(H,34,36)/b33-16-. The van der Waals surface area contributed by atoms with Crippen LogP contribution in [0.25, 0.3) is 5.00 Å². The normalized spacial score (nSPS) is 12.9. The van der Waals surface area contributed by atoms with Crippen molar-refractivity contribution in [1.82, 2.24) is 9.99 Å². The highest BCUT2D eigenvalue weighted by molar-refractivity contribution is 9.10. The van der Waals surface area contributed by atoms with Crippen molar-refractivity contribution in [2.75, 3.05) is 7.11 Å². The number of carbonyl (C=O) groups is 1. The van der Waals surface area contributed by atoms with Crippen LogP contribution in [0.15, 0.2) is 58.1 Å². The molecule has 1 aliphatic carbocycles. The first kappa shape index (κ1) is 27.5. The van der Waals surface area contributed by atoms with E-state index >= 15 is 0 Å². The summed E-state index contributed by atoms with van der Waals surface area (Å²) in [6.45, 7) is 4.51. The molecular weight excluding hydrogens is 598 g/mol. The number of methoxy groups -OCH3 is 1. The highest BCUT2D eigenvalue weighted by Gasteiger charge is 2.27. The maximum Gasteiger partial charge on any atom is 0.274 e. The van der Waals surface area contributed by atoms with Gasteiger partial charge in [-0.15, -0.1) is 11.3 Å². The number of aromatic nitrogens is 1. The summed E-state index contributed by atoms with van der Waals surface area (Å²) in [5.41, 5.74) is 8.62. The molecule has 2 aromatic carbocycles. The van der Waals surface area contributed by atoms with Gasteiger partial charge < -0.3 is 14.0 Å². The molecule has 0 bridgehead atoms. The molecule has 39 heavy (non-hydrogen) atoms. The molecule has 0 aliphatic heterocycles. The zero-order valence-corrected chi connectivity index (χ0v) is 25.2. The average molecular weight is 627 g/mol. The van der Waals surface area contributed by atoms with Gasteiger partial charge in [-0.1, -0.05) is 23.7 Å². The molecule has 1 N–H and O–H groups in total. The number of nitrogens with zero attached hydrogens (tertiary/aromatic N) is 2. The van der Waals surface area contributed by atoms with Crippen LogP contribution in [-0.2, 0) is 19.4 Å². The van der Waals surface area contributed by atoms with E-state index in [0.29, 0.717) is 23.1 Å². The van der Waals surface area contributed by atoms with Crippen molar-refractivity contribution in [2.45, 2.75) is 46.1 Å². The predicted octanol–water partition coefficient (Wildman–Crippen LogP) is 7.80. The second-order valence-corrected chi connectivity index (χ2v) is 11.9. The molecule has 0 atom stereocenters. The van der Waals surface area contributed by atoms with Crippen molar-refractivity contribution < 1.29 is 14.3 Å². The third kappa shape index (κ3) is 5.93. The van der Waals surface area contributed by atoms with E-state index in [0.717, 1.165) is 68.8 Å². The molecule has 4 aromatic rings. The number of hydrazone groups is 1. The van der Waals surface area contributed by atoms with Gasteiger partial charge in [0.15, 0.2) is 11.5 Å². The zero-order chi connectivity index (χ0) is 27.5. The first-order valence-corrected chi connectivity index (χ1v) is 14.7. The minimum absolute atomic E-state index is 0.195. The van der Waals surface area contributed by atoms with Gasteiger partial charge in [0.05, 0.1) is 18.9 Å². The lowest BCUT2D eigenvalue weighted by Gasteiger charge is -2.14. The minimum atomic E-state index is -0.195. The van der Waals surface area contributed by atoms with Crippen molar-refractivity contribution in [3.05, 3.63) is 96.5 Å². The largest absolute Gasteiger partial charge is 0.493 e. The SMILES string of the molecule is COc1cc(/C=N\NC(=O)c2c(-n3c(C)ccc3C)sc3c2CCCC3)c(Br)cc1OCc1ccc(Cl)cc1. The molecular formula is C30H29BrClN3O3S. The highest BCUT2D eigenvalue weighted by atomic mass is 79.9. The van der Waals surface area contributed by atoms with E-state index < -0.39 is 0 Å². The Balaban J connectivity index is 1.35. The van der Waals surface area contributed by atoms with E-state index in [1.165, 1.54) is 4.88 Å². The fraction of sp³-hybridized carbons (Fsp3) is 0.267. The van der Waals surface area contributed by atoms with E-state index in [1.807, 2.05) is 36.4 Å². The van der Waals surface area contributed by atoms with Crippen LogP contribution in [0.1, 0.15) is 56.2 Å². The van der Waals surface area contributed by atoms with E-state index in [9.17, 15) is 4.79 Å². The Morgan fingerprint density at radius 3 is 2.54 bits per heavy atom. The van der Waals surface area contributed by atoms with Gasteiger partial charge in [-0.2, -0.15) is 5.10 Å². The van der Waals surface area contributed by atoms with E-state index in [1.54, 1.807) is 24.7 Å². The number of hydrogen-bond acceptors (Lipinski definition) is 5. The Morgan fingerprint density at radius 1 is 1.10 bits per heavy atom. The molecule has 5 rings (SSSR count). The number of thiophene rings is 1. The molecule has 9 heteroatoms. The van der Waals surface area contributed by atoms with Crippen LogP contribution < -0.4 is 14.9 Å². The summed E-state index contributed by atoms with van der Waals surface area (Å²) in [7, 11) is 1.59. The van der Waals surface area contributed by atoms with Crippen molar-refractivity contribution in [2.24, 2.45) is 5.10 Å². The molecule has 0 radical (unpaired) electrons. The fourth-order valence-electron chi connectivity index (χ4n) is 4.81. The first-order chi connectivity index (χ1) is 18.9. The fourth-order valence-corrected chi connectivity index (χ4v) is 6.87. The predicted molar refractivity (Wildman–Crippen MR) is 161 cm³/mol. The Kier molecular flexibility index (Phi) is 8.45. The van der Waals surface area contributed by atoms with Gasteiger partial charge >= 0.3 is 0 Å². The van der Waals surface area contributed by atoms with Crippen molar-refractivity contribution in [3.63, 3.8) is 0 Å². The average Bonchev–Trinajstić information content (AvgIpc) is 3.47. The summed E-state index contributed by atoms with van der Waals surface area (Å²) in [5.74, 6) is 0.958. The topological polar surface area (TPSA) is 64.8 Å². The molecule has 0 unspecified atom stereocenters. The number of nitrogens with one attached hydrogen (secondary N) is 1. The van der Waals surface area contributed by atoms with Crippen molar-refractivity contribution >= 4 is 51.0 Å². The van der Waals surface area contributed by atoms with Crippen molar-refractivity contribution in [1.29, 1.82) is 0 Å². The first-order valence-electron chi connectivity index (χ1n) is 12.7. The maximum absolute atomic E-state index is 13.5. The van der Waals surface area contributed by atoms with E-state index in [4.69, 9.17) is 21.1 Å². The molecule has 2 aromatic heterocycles. The Bertz CT molecular complexity index is 1520. The van der Waals surface area contributed by atoms with E-state index in [-0.39, 0.29) is 5.91 Å². The molecule has 6 nitrogen and oxygen atoms in total. The van der Waals surface area contributed by atoms with Gasteiger partial charge in [0.1, 0.15) is 11.6 Å². The van der Waals surface area contributed by atoms with Crippen LogP contribution in [0.5, 0.6) is 11.5 Å². The number of carbonyl (C=O) groups excluding carboxylic acids is 1. The summed E-state index contributed by atoms with van der Waals surface area (Å²) in [6.07, 6.45) is 5.79. The number of ether oxygens (including phenoxy) is 2. The Morgan fingerprint density at radius 2 is 1.82 bits per heavy atom. The van der Waals surface area contributed by atoms with E-state index in [2.05, 4.69) is 57.0 Å². The minimum Gasteiger partial charge on any atom is -0.493 e. The van der Waals surface area contributed by atoms with Gasteiger partial charge in [-0.05, 0) is 103 Å². The molecule has 0 saturated carbocycles. The smallest absolute Gasteiger partial charge is 0.274 e. The van der Waals surface area contributed by atoms with Crippen LogP contribution in [0, 0.1) is 13.8 Å². The molecule has 1 amide bonds. The summed E-state index contributed by atoms with van der Waals surface area (Å²) in [5, 5.41) is 5.97.